The molecule has 84 valence electrons. The van der Waals surface area contributed by atoms with E-state index in [0.717, 1.165) is 25.4 Å². The summed E-state index contributed by atoms with van der Waals surface area (Å²) in [5.74, 6) is 1.02. The maximum atomic E-state index is 5.87. The molecule has 1 unspecified atom stereocenters. The predicted molar refractivity (Wildman–Crippen MR) is 62.3 cm³/mol. The Morgan fingerprint density at radius 3 is 2.50 bits per heavy atom. The van der Waals surface area contributed by atoms with Gasteiger partial charge in [0.05, 0.1) is 0 Å². The number of nitrogens with one attached hydrogen (secondary N) is 1. The van der Waals surface area contributed by atoms with E-state index in [9.17, 15) is 0 Å². The van der Waals surface area contributed by atoms with Crippen molar-refractivity contribution in [2.45, 2.75) is 57.9 Å². The van der Waals surface area contributed by atoms with Crippen molar-refractivity contribution in [2.75, 3.05) is 13.1 Å². The van der Waals surface area contributed by atoms with Crippen LogP contribution in [0.4, 0.5) is 0 Å². The van der Waals surface area contributed by atoms with Crippen molar-refractivity contribution in [2.24, 2.45) is 11.7 Å². The number of hydrogen-bond donors (Lipinski definition) is 2. The van der Waals surface area contributed by atoms with Crippen LogP contribution in [0, 0.1) is 5.92 Å². The molecule has 0 aromatic carbocycles. The largest absolute Gasteiger partial charge is 0.329 e. The van der Waals surface area contributed by atoms with E-state index >= 15 is 0 Å². The molecular weight excluding hydrogens is 172 g/mol. The lowest BCUT2D eigenvalue weighted by Gasteiger charge is -2.32. The summed E-state index contributed by atoms with van der Waals surface area (Å²) in [5, 5.41) is 3.68. The first-order valence-corrected chi connectivity index (χ1v) is 6.21. The zero-order chi connectivity index (χ0) is 10.4. The molecule has 1 fully saturated rings. The standard InChI is InChI=1S/C12H26N2/c1-3-8-12(4-2,10-13)14-9-7-11-5-6-11/h11,14H,3-10,13H2,1-2H3. The summed E-state index contributed by atoms with van der Waals surface area (Å²) in [6.45, 7) is 6.42. The predicted octanol–water partition coefficient (Wildman–Crippen LogP) is 2.28. The lowest BCUT2D eigenvalue weighted by Crippen LogP contribution is -2.51. The molecule has 0 radical (unpaired) electrons. The lowest BCUT2D eigenvalue weighted by atomic mass is 9.90. The van der Waals surface area contributed by atoms with E-state index < -0.39 is 0 Å². The van der Waals surface area contributed by atoms with Gasteiger partial charge in [-0.3, -0.25) is 0 Å². The molecule has 0 aliphatic heterocycles. The molecule has 0 heterocycles. The summed E-state index contributed by atoms with van der Waals surface area (Å²) in [6.07, 6.45) is 7.86. The average molecular weight is 198 g/mol. The highest BCUT2D eigenvalue weighted by atomic mass is 15.0. The Morgan fingerprint density at radius 1 is 1.36 bits per heavy atom. The van der Waals surface area contributed by atoms with Crippen LogP contribution in [0.25, 0.3) is 0 Å². The first kappa shape index (κ1) is 12.0. The maximum Gasteiger partial charge on any atom is 0.0301 e. The highest BCUT2D eigenvalue weighted by Gasteiger charge is 2.26. The van der Waals surface area contributed by atoms with Crippen LogP contribution in [-0.4, -0.2) is 18.6 Å². The summed E-state index contributed by atoms with van der Waals surface area (Å²) in [6, 6.07) is 0. The van der Waals surface area contributed by atoms with Crippen molar-refractivity contribution in [3.63, 3.8) is 0 Å². The summed E-state index contributed by atoms with van der Waals surface area (Å²) in [5.41, 5.74) is 6.10. The van der Waals surface area contributed by atoms with Crippen LogP contribution in [0.2, 0.25) is 0 Å². The molecule has 1 rings (SSSR count). The Bertz CT molecular complexity index is 148. The monoisotopic (exact) mass is 198 g/mol. The Morgan fingerprint density at radius 2 is 2.07 bits per heavy atom. The summed E-state index contributed by atoms with van der Waals surface area (Å²) in [4.78, 5) is 0. The average Bonchev–Trinajstić information content (AvgIpc) is 3.00. The van der Waals surface area contributed by atoms with Gasteiger partial charge in [0, 0.05) is 12.1 Å². The van der Waals surface area contributed by atoms with Crippen LogP contribution in [-0.2, 0) is 0 Å². The molecule has 0 spiro atoms. The van der Waals surface area contributed by atoms with Gasteiger partial charge in [-0.2, -0.15) is 0 Å². The fourth-order valence-corrected chi connectivity index (χ4v) is 2.14. The minimum Gasteiger partial charge on any atom is -0.329 e. The van der Waals surface area contributed by atoms with Crippen molar-refractivity contribution < 1.29 is 0 Å². The van der Waals surface area contributed by atoms with E-state index in [1.165, 1.54) is 32.1 Å². The number of hydrogen-bond acceptors (Lipinski definition) is 2. The van der Waals surface area contributed by atoms with Gasteiger partial charge in [0.15, 0.2) is 0 Å². The smallest absolute Gasteiger partial charge is 0.0301 e. The molecule has 1 aliphatic rings. The molecular formula is C12H26N2. The maximum absolute atomic E-state index is 5.87. The summed E-state index contributed by atoms with van der Waals surface area (Å²) < 4.78 is 0. The zero-order valence-electron chi connectivity index (χ0n) is 9.81. The van der Waals surface area contributed by atoms with E-state index in [1.54, 1.807) is 0 Å². The highest BCUT2D eigenvalue weighted by Crippen LogP contribution is 2.32. The van der Waals surface area contributed by atoms with Gasteiger partial charge in [-0.15, -0.1) is 0 Å². The Balaban J connectivity index is 2.23. The first-order chi connectivity index (χ1) is 6.76. The second-order valence-electron chi connectivity index (χ2n) is 4.75. The van der Waals surface area contributed by atoms with Gasteiger partial charge in [0.1, 0.15) is 0 Å². The van der Waals surface area contributed by atoms with Crippen LogP contribution >= 0.6 is 0 Å². The molecule has 1 aliphatic carbocycles. The van der Waals surface area contributed by atoms with E-state index in [-0.39, 0.29) is 5.54 Å². The normalized spacial score (nSPS) is 20.8. The Kier molecular flexibility index (Phi) is 4.90. The molecule has 3 N–H and O–H groups in total. The van der Waals surface area contributed by atoms with E-state index in [0.29, 0.717) is 0 Å². The molecule has 14 heavy (non-hydrogen) atoms. The molecule has 1 atom stereocenters. The van der Waals surface area contributed by atoms with E-state index in [4.69, 9.17) is 5.73 Å². The van der Waals surface area contributed by atoms with Crippen LogP contribution in [0.5, 0.6) is 0 Å². The SMILES string of the molecule is CCCC(CC)(CN)NCCC1CC1. The molecule has 0 aromatic rings. The van der Waals surface area contributed by atoms with Gasteiger partial charge >= 0.3 is 0 Å². The van der Waals surface area contributed by atoms with Crippen LogP contribution in [0.3, 0.4) is 0 Å². The number of nitrogens with two attached hydrogens (primary N) is 1. The third-order valence-electron chi connectivity index (χ3n) is 3.55. The molecule has 0 aromatic heterocycles. The molecule has 0 bridgehead atoms. The lowest BCUT2D eigenvalue weighted by molar-refractivity contribution is 0.293. The molecule has 1 saturated carbocycles. The van der Waals surface area contributed by atoms with Crippen LogP contribution in [0.1, 0.15) is 52.4 Å². The quantitative estimate of drug-likeness (QED) is 0.628. The molecule has 0 saturated heterocycles. The fraction of sp³-hybridized carbons (Fsp3) is 1.00. The second-order valence-corrected chi connectivity index (χ2v) is 4.75. The molecule has 2 heteroatoms. The van der Waals surface area contributed by atoms with Gasteiger partial charge in [-0.1, -0.05) is 33.1 Å². The minimum absolute atomic E-state index is 0.226. The van der Waals surface area contributed by atoms with Crippen molar-refractivity contribution >= 4 is 0 Å². The van der Waals surface area contributed by atoms with Gasteiger partial charge < -0.3 is 11.1 Å². The fourth-order valence-electron chi connectivity index (χ4n) is 2.14. The Hall–Kier alpha value is -0.0800. The minimum atomic E-state index is 0.226. The Labute approximate surface area is 88.6 Å². The highest BCUT2D eigenvalue weighted by molar-refractivity contribution is 4.88. The van der Waals surface area contributed by atoms with Crippen molar-refractivity contribution in [1.29, 1.82) is 0 Å². The van der Waals surface area contributed by atoms with Gasteiger partial charge in [0.2, 0.25) is 0 Å². The van der Waals surface area contributed by atoms with E-state index in [2.05, 4.69) is 19.2 Å². The summed E-state index contributed by atoms with van der Waals surface area (Å²) in [7, 11) is 0. The second kappa shape index (κ2) is 5.72. The van der Waals surface area contributed by atoms with Crippen LogP contribution < -0.4 is 11.1 Å². The number of rotatable bonds is 8. The summed E-state index contributed by atoms with van der Waals surface area (Å²) >= 11 is 0. The molecule has 0 amide bonds. The third kappa shape index (κ3) is 3.58. The zero-order valence-corrected chi connectivity index (χ0v) is 9.81. The third-order valence-corrected chi connectivity index (χ3v) is 3.55. The van der Waals surface area contributed by atoms with E-state index in [1.807, 2.05) is 0 Å². The van der Waals surface area contributed by atoms with Crippen molar-refractivity contribution in [1.82, 2.24) is 5.32 Å². The molecule has 2 nitrogen and oxygen atoms in total. The topological polar surface area (TPSA) is 38.0 Å². The first-order valence-electron chi connectivity index (χ1n) is 6.21. The van der Waals surface area contributed by atoms with Gasteiger partial charge in [0.25, 0.3) is 0 Å². The van der Waals surface area contributed by atoms with Crippen molar-refractivity contribution in [3.05, 3.63) is 0 Å². The van der Waals surface area contributed by atoms with Crippen molar-refractivity contribution in [3.8, 4) is 0 Å². The van der Waals surface area contributed by atoms with Gasteiger partial charge in [-0.05, 0) is 31.7 Å². The van der Waals surface area contributed by atoms with Crippen LogP contribution in [0.15, 0.2) is 0 Å². The van der Waals surface area contributed by atoms with Gasteiger partial charge in [-0.25, -0.2) is 0 Å².